The van der Waals surface area contributed by atoms with Crippen molar-refractivity contribution in [3.8, 4) is 0 Å². The first-order valence-corrected chi connectivity index (χ1v) is 18.2. The molecule has 0 aliphatic heterocycles. The van der Waals surface area contributed by atoms with E-state index in [1.807, 2.05) is 0 Å². The van der Waals surface area contributed by atoms with E-state index < -0.39 is 0 Å². The molecule has 2 nitrogen and oxygen atoms in total. The van der Waals surface area contributed by atoms with Crippen molar-refractivity contribution in [2.75, 3.05) is 13.1 Å². The maximum Gasteiger partial charge on any atom is 0.0540 e. The Morgan fingerprint density at radius 1 is 0.342 bits per heavy atom. The molecule has 0 aromatic rings. The van der Waals surface area contributed by atoms with Crippen LogP contribution in [0.4, 0.5) is 0 Å². The Bertz CT molecular complexity index is 399. The van der Waals surface area contributed by atoms with Gasteiger partial charge in [0, 0.05) is 0 Å². The van der Waals surface area contributed by atoms with Crippen LogP contribution in [-0.2, 0) is 0 Å². The van der Waals surface area contributed by atoms with Gasteiger partial charge in [-0.05, 0) is 38.8 Å². The van der Waals surface area contributed by atoms with E-state index in [1.165, 1.54) is 199 Å². The average molecular weight is 538 g/mol. The van der Waals surface area contributed by atoms with E-state index in [2.05, 4.69) is 19.2 Å². The van der Waals surface area contributed by atoms with Crippen LogP contribution in [0.1, 0.15) is 213 Å². The van der Waals surface area contributed by atoms with Gasteiger partial charge >= 0.3 is 0 Å². The fourth-order valence-electron chi connectivity index (χ4n) is 5.74. The zero-order valence-corrected chi connectivity index (χ0v) is 26.9. The van der Waals surface area contributed by atoms with E-state index in [-0.39, 0.29) is 6.10 Å². The molecular formula is C36H75NO. The Morgan fingerprint density at radius 2 is 0.579 bits per heavy atom. The highest BCUT2D eigenvalue weighted by molar-refractivity contribution is 4.58. The number of unbranched alkanes of at least 4 members (excludes halogenated alkanes) is 26. The van der Waals surface area contributed by atoms with Crippen LogP contribution in [0, 0.1) is 0 Å². The molecule has 0 spiro atoms. The largest absolute Gasteiger partial charge is 0.393 e. The van der Waals surface area contributed by atoms with Gasteiger partial charge in [0.15, 0.2) is 0 Å². The van der Waals surface area contributed by atoms with E-state index >= 15 is 0 Å². The van der Waals surface area contributed by atoms with Gasteiger partial charge in [-0.3, -0.25) is 0 Å². The lowest BCUT2D eigenvalue weighted by molar-refractivity contribution is 0.147. The van der Waals surface area contributed by atoms with Gasteiger partial charge < -0.3 is 10.4 Å². The molecule has 0 aliphatic rings. The van der Waals surface area contributed by atoms with Gasteiger partial charge in [0.05, 0.1) is 6.10 Å². The third kappa shape index (κ3) is 33.9. The van der Waals surface area contributed by atoms with Crippen LogP contribution in [0.15, 0.2) is 0 Å². The second kappa shape index (κ2) is 34.9. The first kappa shape index (κ1) is 37.9. The predicted octanol–water partition coefficient (Wildman–Crippen LogP) is 12.1. The maximum absolute atomic E-state index is 10.0. The molecule has 0 saturated heterocycles. The maximum atomic E-state index is 10.0. The number of rotatable bonds is 34. The zero-order valence-electron chi connectivity index (χ0n) is 26.9. The Kier molecular flexibility index (Phi) is 34.9. The van der Waals surface area contributed by atoms with Crippen LogP contribution in [-0.4, -0.2) is 24.3 Å². The van der Waals surface area contributed by atoms with Crippen LogP contribution in [0.5, 0.6) is 0 Å². The number of aliphatic hydroxyl groups is 1. The molecule has 0 radical (unpaired) electrons. The minimum absolute atomic E-state index is 0.0375. The summed E-state index contributed by atoms with van der Waals surface area (Å²) in [4.78, 5) is 0. The summed E-state index contributed by atoms with van der Waals surface area (Å²) in [6.45, 7) is 7.00. The lowest BCUT2D eigenvalue weighted by Gasteiger charge is -2.10. The predicted molar refractivity (Wildman–Crippen MR) is 173 cm³/mol. The van der Waals surface area contributed by atoms with Gasteiger partial charge in [0.1, 0.15) is 0 Å². The van der Waals surface area contributed by atoms with Crippen molar-refractivity contribution in [1.82, 2.24) is 5.32 Å². The summed E-state index contributed by atoms with van der Waals surface area (Å²) in [5.74, 6) is 0. The number of hydrogen-bond donors (Lipinski definition) is 2. The van der Waals surface area contributed by atoms with Gasteiger partial charge in [-0.2, -0.15) is 0 Å². The molecule has 38 heavy (non-hydrogen) atoms. The molecule has 0 heterocycles. The topological polar surface area (TPSA) is 32.3 Å². The van der Waals surface area contributed by atoms with Crippen molar-refractivity contribution >= 4 is 0 Å². The normalized spacial score (nSPS) is 12.4. The highest BCUT2D eigenvalue weighted by Crippen LogP contribution is 2.15. The van der Waals surface area contributed by atoms with Crippen molar-refractivity contribution in [2.24, 2.45) is 0 Å². The monoisotopic (exact) mass is 538 g/mol. The van der Waals surface area contributed by atoms with Crippen molar-refractivity contribution in [2.45, 2.75) is 219 Å². The molecule has 2 N–H and O–H groups in total. The molecule has 2 heteroatoms. The fraction of sp³-hybridized carbons (Fsp3) is 1.00. The summed E-state index contributed by atoms with van der Waals surface area (Å²) in [6, 6.07) is 0. The average Bonchev–Trinajstić information content (AvgIpc) is 2.92. The van der Waals surface area contributed by atoms with Gasteiger partial charge in [0.2, 0.25) is 0 Å². The van der Waals surface area contributed by atoms with Gasteiger partial charge in [0.25, 0.3) is 0 Å². The minimum atomic E-state index is -0.0375. The Labute approximate surface area is 242 Å². The zero-order chi connectivity index (χ0) is 27.6. The summed E-state index contributed by atoms with van der Waals surface area (Å²) < 4.78 is 0. The Morgan fingerprint density at radius 3 is 0.895 bits per heavy atom. The summed E-state index contributed by atoms with van der Waals surface area (Å²) >= 11 is 0. The first-order chi connectivity index (χ1) is 18.8. The lowest BCUT2D eigenvalue weighted by Crippen LogP contribution is -2.16. The second-order valence-electron chi connectivity index (χ2n) is 12.5. The highest BCUT2D eigenvalue weighted by Gasteiger charge is 2.03. The molecule has 0 bridgehead atoms. The molecule has 0 aromatic heterocycles. The van der Waals surface area contributed by atoms with Crippen LogP contribution in [0.2, 0.25) is 0 Å². The van der Waals surface area contributed by atoms with Crippen molar-refractivity contribution in [3.63, 3.8) is 0 Å². The van der Waals surface area contributed by atoms with Gasteiger partial charge in [-0.25, -0.2) is 0 Å². The molecule has 0 unspecified atom stereocenters. The number of aliphatic hydroxyl groups excluding tert-OH is 1. The molecule has 0 saturated carbocycles. The summed E-state index contributed by atoms with van der Waals surface area (Å²) in [5.41, 5.74) is 0. The van der Waals surface area contributed by atoms with Crippen LogP contribution < -0.4 is 5.32 Å². The third-order valence-electron chi connectivity index (χ3n) is 8.49. The second-order valence-corrected chi connectivity index (χ2v) is 12.5. The molecule has 0 aliphatic carbocycles. The third-order valence-corrected chi connectivity index (χ3v) is 8.49. The molecule has 0 rings (SSSR count). The smallest absolute Gasteiger partial charge is 0.0540 e. The standard InChI is InChI=1S/C36H75NO/c1-3-5-7-9-10-11-12-13-14-15-16-17-20-23-26-30-34-37-35-31-27-24-21-18-19-22-25-29-33-36(38)32-28-8-6-4-2/h36-38H,3-35H2,1-2H3/t36-/m1/s1. The summed E-state index contributed by atoms with van der Waals surface area (Å²) in [7, 11) is 0. The van der Waals surface area contributed by atoms with Crippen LogP contribution >= 0.6 is 0 Å². The first-order valence-electron chi connectivity index (χ1n) is 18.2. The van der Waals surface area contributed by atoms with Gasteiger partial charge in [-0.15, -0.1) is 0 Å². The van der Waals surface area contributed by atoms with E-state index in [4.69, 9.17) is 0 Å². The number of hydrogen-bond acceptors (Lipinski definition) is 2. The van der Waals surface area contributed by atoms with Crippen molar-refractivity contribution in [1.29, 1.82) is 0 Å². The molecular weight excluding hydrogens is 462 g/mol. The SMILES string of the molecule is CCCCCCCCCCCCCCCCCCNCCCCCCCCCCC[C@H](O)CCCCCC. The van der Waals surface area contributed by atoms with Crippen molar-refractivity contribution < 1.29 is 5.11 Å². The Balaban J connectivity index is 3.06. The van der Waals surface area contributed by atoms with E-state index in [9.17, 15) is 5.11 Å². The molecule has 0 fully saturated rings. The van der Waals surface area contributed by atoms with E-state index in [1.54, 1.807) is 0 Å². The van der Waals surface area contributed by atoms with E-state index in [0.29, 0.717) is 0 Å². The highest BCUT2D eigenvalue weighted by atomic mass is 16.3. The van der Waals surface area contributed by atoms with Gasteiger partial charge in [-0.1, -0.05) is 187 Å². The molecule has 0 aromatic carbocycles. The quantitative estimate of drug-likeness (QED) is 0.0800. The van der Waals surface area contributed by atoms with Crippen LogP contribution in [0.25, 0.3) is 0 Å². The fourth-order valence-corrected chi connectivity index (χ4v) is 5.74. The summed E-state index contributed by atoms with van der Waals surface area (Å²) in [6.07, 6.45) is 42.6. The van der Waals surface area contributed by atoms with Crippen molar-refractivity contribution in [3.05, 3.63) is 0 Å². The molecule has 230 valence electrons. The van der Waals surface area contributed by atoms with Crippen LogP contribution in [0.3, 0.4) is 0 Å². The summed E-state index contributed by atoms with van der Waals surface area (Å²) in [5, 5.41) is 13.7. The Hall–Kier alpha value is -0.0800. The number of nitrogens with one attached hydrogen (secondary N) is 1. The molecule has 0 amide bonds. The lowest BCUT2D eigenvalue weighted by atomic mass is 10.0. The minimum Gasteiger partial charge on any atom is -0.393 e. The van der Waals surface area contributed by atoms with E-state index in [0.717, 1.165) is 12.8 Å². The molecule has 1 atom stereocenters.